The first-order valence-electron chi connectivity index (χ1n) is 8.09. The van der Waals surface area contributed by atoms with Crippen molar-refractivity contribution in [2.75, 3.05) is 26.7 Å². The van der Waals surface area contributed by atoms with Crippen molar-refractivity contribution in [3.05, 3.63) is 0 Å². The fourth-order valence-corrected chi connectivity index (χ4v) is 6.59. The SMILES string of the molecule is CN1C[C@@]23CN(C(=O)NC4CCCC4)C[C@@H](C[C@@H]2S1(=O)=O)O3. The lowest BCUT2D eigenvalue weighted by Gasteiger charge is -2.39. The summed E-state index contributed by atoms with van der Waals surface area (Å²) in [6, 6.07) is 0.212. The summed E-state index contributed by atoms with van der Waals surface area (Å²) in [4.78, 5) is 14.3. The fraction of sp³-hybridized carbons (Fsp3) is 0.929. The molecule has 2 bridgehead atoms. The summed E-state index contributed by atoms with van der Waals surface area (Å²) in [6.45, 7) is 1.22. The highest BCUT2D eigenvalue weighted by atomic mass is 32.2. The van der Waals surface area contributed by atoms with Crippen molar-refractivity contribution >= 4 is 16.1 Å². The van der Waals surface area contributed by atoms with Crippen LogP contribution in [0.4, 0.5) is 4.79 Å². The van der Waals surface area contributed by atoms with Gasteiger partial charge in [0, 0.05) is 26.2 Å². The number of nitrogens with zero attached hydrogens (tertiary/aromatic N) is 2. The Morgan fingerprint density at radius 1 is 1.27 bits per heavy atom. The highest BCUT2D eigenvalue weighted by Gasteiger charge is 2.64. The summed E-state index contributed by atoms with van der Waals surface area (Å²) in [5, 5.41) is 2.59. The molecule has 0 unspecified atom stereocenters. The number of urea groups is 1. The van der Waals surface area contributed by atoms with E-state index in [0.717, 1.165) is 12.8 Å². The topological polar surface area (TPSA) is 79.0 Å². The maximum absolute atomic E-state index is 12.5. The van der Waals surface area contributed by atoms with Crippen LogP contribution in [-0.2, 0) is 14.8 Å². The van der Waals surface area contributed by atoms with Crippen molar-refractivity contribution in [3.63, 3.8) is 0 Å². The van der Waals surface area contributed by atoms with Gasteiger partial charge in [-0.1, -0.05) is 12.8 Å². The van der Waals surface area contributed by atoms with E-state index >= 15 is 0 Å². The van der Waals surface area contributed by atoms with Gasteiger partial charge in [0.15, 0.2) is 0 Å². The molecule has 124 valence electrons. The summed E-state index contributed by atoms with van der Waals surface area (Å²) in [6.07, 6.45) is 4.78. The minimum absolute atomic E-state index is 0.0628. The van der Waals surface area contributed by atoms with Gasteiger partial charge in [-0.15, -0.1) is 0 Å². The normalized spacial score (nSPS) is 40.9. The van der Waals surface area contributed by atoms with E-state index in [0.29, 0.717) is 26.1 Å². The van der Waals surface area contributed by atoms with E-state index in [9.17, 15) is 13.2 Å². The molecule has 4 aliphatic rings. The van der Waals surface area contributed by atoms with Gasteiger partial charge in [-0.3, -0.25) is 0 Å². The van der Waals surface area contributed by atoms with Crippen LogP contribution in [-0.4, -0.2) is 73.3 Å². The van der Waals surface area contributed by atoms with E-state index in [2.05, 4.69) is 5.32 Å². The summed E-state index contributed by atoms with van der Waals surface area (Å²) >= 11 is 0. The predicted octanol–water partition coefficient (Wildman–Crippen LogP) is 0.126. The molecule has 22 heavy (non-hydrogen) atoms. The smallest absolute Gasteiger partial charge is 0.317 e. The maximum atomic E-state index is 12.5. The molecule has 4 rings (SSSR count). The molecule has 4 fully saturated rings. The highest BCUT2D eigenvalue weighted by molar-refractivity contribution is 7.90. The zero-order valence-corrected chi connectivity index (χ0v) is 13.6. The molecule has 1 N–H and O–H groups in total. The average molecular weight is 329 g/mol. The molecule has 8 heteroatoms. The number of rotatable bonds is 1. The van der Waals surface area contributed by atoms with Crippen LogP contribution in [0.5, 0.6) is 0 Å². The molecule has 2 amide bonds. The summed E-state index contributed by atoms with van der Waals surface area (Å²) in [5.41, 5.74) is -0.733. The number of carbonyl (C=O) groups is 1. The lowest BCUT2D eigenvalue weighted by molar-refractivity contribution is -0.0945. The molecular formula is C14H23N3O4S. The van der Waals surface area contributed by atoms with Gasteiger partial charge in [-0.2, -0.15) is 0 Å². The van der Waals surface area contributed by atoms with Gasteiger partial charge >= 0.3 is 6.03 Å². The quantitative estimate of drug-likeness (QED) is 0.741. The minimum Gasteiger partial charge on any atom is -0.365 e. The van der Waals surface area contributed by atoms with Crippen molar-refractivity contribution < 1.29 is 17.9 Å². The van der Waals surface area contributed by atoms with Crippen LogP contribution in [0.2, 0.25) is 0 Å². The standard InChI is InChI=1S/C14H23N3O4S/c1-16-8-14-9-17(13(18)15-10-4-2-3-5-10)7-11(21-14)6-12(14)22(16,19)20/h10-12H,2-9H2,1H3,(H,15,18)/t11-,12+,14-/m1/s1. The molecule has 0 radical (unpaired) electrons. The Kier molecular flexibility index (Phi) is 3.22. The number of ether oxygens (including phenoxy) is 1. The van der Waals surface area contributed by atoms with Crippen LogP contribution in [0.15, 0.2) is 0 Å². The molecule has 3 heterocycles. The van der Waals surface area contributed by atoms with Crippen LogP contribution in [0.3, 0.4) is 0 Å². The molecule has 0 aromatic rings. The Bertz CT molecular complexity index is 589. The third-order valence-corrected chi connectivity index (χ3v) is 7.94. The molecule has 3 atom stereocenters. The number of nitrogens with one attached hydrogen (secondary N) is 1. The fourth-order valence-electron chi connectivity index (χ4n) is 4.55. The zero-order valence-electron chi connectivity index (χ0n) is 12.8. The Labute approximate surface area is 131 Å². The third-order valence-electron chi connectivity index (χ3n) is 5.60. The van der Waals surface area contributed by atoms with E-state index in [1.165, 1.54) is 17.1 Å². The Morgan fingerprint density at radius 3 is 2.73 bits per heavy atom. The minimum atomic E-state index is -3.29. The molecule has 7 nitrogen and oxygen atoms in total. The zero-order chi connectivity index (χ0) is 15.5. The second-order valence-electron chi connectivity index (χ2n) is 7.14. The Hall–Kier alpha value is -0.860. The van der Waals surface area contributed by atoms with Crippen LogP contribution in [0.25, 0.3) is 0 Å². The van der Waals surface area contributed by atoms with Crippen LogP contribution >= 0.6 is 0 Å². The Balaban J connectivity index is 1.51. The monoisotopic (exact) mass is 329 g/mol. The van der Waals surface area contributed by atoms with Crippen LogP contribution in [0.1, 0.15) is 32.1 Å². The number of amides is 2. The predicted molar refractivity (Wildman–Crippen MR) is 79.9 cm³/mol. The van der Waals surface area contributed by atoms with Crippen molar-refractivity contribution in [2.24, 2.45) is 0 Å². The number of hydrogen-bond acceptors (Lipinski definition) is 4. The molecule has 3 saturated heterocycles. The van der Waals surface area contributed by atoms with Crippen molar-refractivity contribution in [1.82, 2.24) is 14.5 Å². The lowest BCUT2D eigenvalue weighted by atomic mass is 9.99. The third kappa shape index (κ3) is 2.07. The Morgan fingerprint density at radius 2 is 2.00 bits per heavy atom. The van der Waals surface area contributed by atoms with Gasteiger partial charge in [0.05, 0.1) is 12.6 Å². The summed E-state index contributed by atoms with van der Waals surface area (Å²) < 4.78 is 32.2. The number of carbonyl (C=O) groups excluding carboxylic acids is 1. The molecule has 0 aromatic carbocycles. The number of hydrogen-bond donors (Lipinski definition) is 1. The largest absolute Gasteiger partial charge is 0.365 e. The highest BCUT2D eigenvalue weighted by Crippen LogP contribution is 2.45. The van der Waals surface area contributed by atoms with Crippen LogP contribution < -0.4 is 5.32 Å². The van der Waals surface area contributed by atoms with E-state index in [-0.39, 0.29) is 18.2 Å². The number of morpholine rings is 1. The molecule has 0 aromatic heterocycles. The van der Waals surface area contributed by atoms with Gasteiger partial charge < -0.3 is 15.0 Å². The summed E-state index contributed by atoms with van der Waals surface area (Å²) in [7, 11) is -1.69. The van der Waals surface area contributed by atoms with Crippen molar-refractivity contribution in [2.45, 2.75) is 55.1 Å². The lowest BCUT2D eigenvalue weighted by Crippen LogP contribution is -2.59. The maximum Gasteiger partial charge on any atom is 0.317 e. The van der Waals surface area contributed by atoms with Crippen molar-refractivity contribution in [3.8, 4) is 0 Å². The molecule has 3 aliphatic heterocycles. The van der Waals surface area contributed by atoms with Gasteiger partial charge in [0.2, 0.25) is 10.0 Å². The first-order chi connectivity index (χ1) is 10.4. The van der Waals surface area contributed by atoms with E-state index in [1.807, 2.05) is 0 Å². The second kappa shape index (κ2) is 4.82. The second-order valence-corrected chi connectivity index (χ2v) is 9.36. The molecular weight excluding hydrogens is 306 g/mol. The first-order valence-corrected chi connectivity index (χ1v) is 9.59. The number of fused-ring (bicyclic) bond motifs is 1. The molecule has 1 aliphatic carbocycles. The van der Waals surface area contributed by atoms with E-state index < -0.39 is 20.9 Å². The number of likely N-dealkylation sites (N-methyl/N-ethyl adjacent to an activating group) is 1. The van der Waals surface area contributed by atoms with E-state index in [4.69, 9.17) is 4.74 Å². The van der Waals surface area contributed by atoms with Gasteiger partial charge in [-0.25, -0.2) is 17.5 Å². The van der Waals surface area contributed by atoms with Gasteiger partial charge in [0.1, 0.15) is 10.9 Å². The summed E-state index contributed by atoms with van der Waals surface area (Å²) in [5.74, 6) is 0. The van der Waals surface area contributed by atoms with E-state index in [1.54, 1.807) is 11.9 Å². The van der Waals surface area contributed by atoms with Gasteiger partial charge in [-0.05, 0) is 19.3 Å². The number of likely N-dealkylation sites (tertiary alicyclic amines) is 1. The average Bonchev–Trinajstić information content (AvgIpc) is 3.08. The molecule has 1 saturated carbocycles. The van der Waals surface area contributed by atoms with Gasteiger partial charge in [0.25, 0.3) is 0 Å². The molecule has 1 spiro atoms. The number of sulfonamides is 1. The van der Waals surface area contributed by atoms with Crippen LogP contribution in [0, 0.1) is 0 Å². The first kappa shape index (κ1) is 14.7. The van der Waals surface area contributed by atoms with Crippen molar-refractivity contribution in [1.29, 1.82) is 0 Å².